The van der Waals surface area contributed by atoms with Crippen LogP contribution in [-0.4, -0.2) is 10.9 Å². The highest BCUT2D eigenvalue weighted by Gasteiger charge is 2.37. The topological polar surface area (TPSA) is 65.8 Å². The van der Waals surface area contributed by atoms with Crippen LogP contribution in [0.2, 0.25) is 0 Å². The van der Waals surface area contributed by atoms with Gasteiger partial charge in [-0.1, -0.05) is 49.2 Å². The Balaban J connectivity index is 1.87. The van der Waals surface area contributed by atoms with Crippen LogP contribution >= 0.6 is 15.9 Å². The Kier molecular flexibility index (Phi) is 5.30. The minimum Gasteiger partial charge on any atom is -0.342 e. The normalized spacial score (nSPS) is 16.2. The quantitative estimate of drug-likeness (QED) is 0.475. The Morgan fingerprint density at radius 3 is 2.52 bits per heavy atom. The minimum atomic E-state index is -0.390. The molecule has 4 nitrogen and oxygen atoms in total. The summed E-state index contributed by atoms with van der Waals surface area (Å²) in [6, 6.07) is 17.4. The zero-order chi connectivity index (χ0) is 17.7. The Labute approximate surface area is 155 Å². The molecular formula is C20H18BrN3O. The lowest BCUT2D eigenvalue weighted by Crippen LogP contribution is -2.44. The molecule has 0 bridgehead atoms. The van der Waals surface area contributed by atoms with Gasteiger partial charge in [-0.3, -0.25) is 4.79 Å². The van der Waals surface area contributed by atoms with Gasteiger partial charge in [0.2, 0.25) is 0 Å². The zero-order valence-electron chi connectivity index (χ0n) is 13.7. The molecular weight excluding hydrogens is 378 g/mol. The van der Waals surface area contributed by atoms with Gasteiger partial charge in [0, 0.05) is 0 Å². The fourth-order valence-corrected chi connectivity index (χ4v) is 3.66. The average Bonchev–Trinajstić information content (AvgIpc) is 3.10. The van der Waals surface area contributed by atoms with Crippen LogP contribution in [0.3, 0.4) is 0 Å². The van der Waals surface area contributed by atoms with Crippen molar-refractivity contribution in [1.82, 2.24) is 10.3 Å². The number of hydrogen-bond acceptors (Lipinski definition) is 3. The number of carbonyl (C=O) groups excluding carboxylic acids is 1. The molecule has 126 valence electrons. The molecule has 1 N–H and O–H groups in total. The van der Waals surface area contributed by atoms with Gasteiger partial charge in [-0.2, -0.15) is 5.26 Å². The molecule has 1 heterocycles. The first kappa shape index (κ1) is 17.4. The molecule has 5 heteroatoms. The van der Waals surface area contributed by atoms with Crippen LogP contribution in [0.25, 0.3) is 6.08 Å². The number of amides is 1. The number of benzene rings is 1. The van der Waals surface area contributed by atoms with E-state index in [0.29, 0.717) is 10.3 Å². The maximum atomic E-state index is 12.8. The van der Waals surface area contributed by atoms with E-state index in [1.807, 2.05) is 42.5 Å². The molecule has 3 rings (SSSR count). The molecule has 1 saturated carbocycles. The fraction of sp³-hybridized carbons (Fsp3) is 0.250. The van der Waals surface area contributed by atoms with Gasteiger partial charge in [0.25, 0.3) is 5.91 Å². The Morgan fingerprint density at radius 2 is 1.88 bits per heavy atom. The summed E-state index contributed by atoms with van der Waals surface area (Å²) >= 11 is 3.30. The predicted molar refractivity (Wildman–Crippen MR) is 100 cm³/mol. The van der Waals surface area contributed by atoms with Gasteiger partial charge in [0.15, 0.2) is 0 Å². The number of carbonyl (C=O) groups is 1. The molecule has 0 radical (unpaired) electrons. The van der Waals surface area contributed by atoms with E-state index in [1.165, 1.54) is 6.08 Å². The van der Waals surface area contributed by atoms with Crippen molar-refractivity contribution >= 4 is 27.9 Å². The zero-order valence-corrected chi connectivity index (χ0v) is 15.3. The molecule has 0 saturated heterocycles. The van der Waals surface area contributed by atoms with Gasteiger partial charge >= 0.3 is 0 Å². The lowest BCUT2D eigenvalue weighted by atomic mass is 9.88. The Bertz CT molecular complexity index is 834. The molecule has 1 aliphatic carbocycles. The van der Waals surface area contributed by atoms with Crippen LogP contribution in [-0.2, 0) is 10.3 Å². The number of hydrogen-bond donors (Lipinski definition) is 1. The standard InChI is InChI=1S/C20H18BrN3O/c21-18-10-6-9-17(23-18)13-15(14-22)19(25)24-20(11-4-5-12-20)16-7-2-1-3-8-16/h1-3,6-10,13H,4-5,11-12H2,(H,24,25)/b15-13+. The van der Waals surface area contributed by atoms with E-state index < -0.39 is 0 Å². The van der Waals surface area contributed by atoms with Gasteiger partial charge in [0.1, 0.15) is 16.2 Å². The van der Waals surface area contributed by atoms with Crippen LogP contribution in [0.5, 0.6) is 0 Å². The molecule has 0 spiro atoms. The summed E-state index contributed by atoms with van der Waals surface area (Å²) in [4.78, 5) is 17.0. The SMILES string of the molecule is N#C/C(=C\c1cccc(Br)n1)C(=O)NC1(c2ccccc2)CCCC1. The summed E-state index contributed by atoms with van der Waals surface area (Å²) in [6.07, 6.45) is 5.42. The van der Waals surface area contributed by atoms with Crippen molar-refractivity contribution in [3.05, 3.63) is 70.0 Å². The second-order valence-corrected chi connectivity index (χ2v) is 6.98. The fourth-order valence-electron chi connectivity index (χ4n) is 3.31. The van der Waals surface area contributed by atoms with Gasteiger partial charge < -0.3 is 5.32 Å². The first-order valence-electron chi connectivity index (χ1n) is 8.25. The van der Waals surface area contributed by atoms with Gasteiger partial charge in [-0.15, -0.1) is 0 Å². The Morgan fingerprint density at radius 1 is 1.16 bits per heavy atom. The molecule has 1 aromatic carbocycles. The van der Waals surface area contributed by atoms with Gasteiger partial charge in [-0.25, -0.2) is 4.98 Å². The highest BCUT2D eigenvalue weighted by molar-refractivity contribution is 9.10. The van der Waals surface area contributed by atoms with Crippen molar-refractivity contribution in [3.63, 3.8) is 0 Å². The van der Waals surface area contributed by atoms with Crippen LogP contribution in [0.4, 0.5) is 0 Å². The third-order valence-electron chi connectivity index (χ3n) is 4.53. The van der Waals surface area contributed by atoms with Crippen molar-refractivity contribution in [2.24, 2.45) is 0 Å². The molecule has 0 unspecified atom stereocenters. The first-order valence-corrected chi connectivity index (χ1v) is 9.05. The van der Waals surface area contributed by atoms with Crippen molar-refractivity contribution in [2.45, 2.75) is 31.2 Å². The number of nitrogens with zero attached hydrogens (tertiary/aromatic N) is 2. The second kappa shape index (κ2) is 7.62. The van der Waals surface area contributed by atoms with E-state index in [9.17, 15) is 10.1 Å². The Hall–Kier alpha value is -2.45. The lowest BCUT2D eigenvalue weighted by Gasteiger charge is -2.31. The number of pyridine rings is 1. The van der Waals surface area contributed by atoms with E-state index >= 15 is 0 Å². The van der Waals surface area contributed by atoms with Crippen molar-refractivity contribution in [1.29, 1.82) is 5.26 Å². The van der Waals surface area contributed by atoms with Crippen molar-refractivity contribution in [3.8, 4) is 6.07 Å². The summed E-state index contributed by atoms with van der Waals surface area (Å²) in [7, 11) is 0. The lowest BCUT2D eigenvalue weighted by molar-refractivity contribution is -0.119. The van der Waals surface area contributed by atoms with Crippen LogP contribution in [0, 0.1) is 11.3 Å². The molecule has 1 aliphatic rings. The monoisotopic (exact) mass is 395 g/mol. The van der Waals surface area contributed by atoms with Crippen molar-refractivity contribution in [2.75, 3.05) is 0 Å². The highest BCUT2D eigenvalue weighted by Crippen LogP contribution is 2.38. The molecule has 1 aromatic heterocycles. The van der Waals surface area contributed by atoms with Gasteiger partial charge in [-0.05, 0) is 52.5 Å². The highest BCUT2D eigenvalue weighted by atomic mass is 79.9. The van der Waals surface area contributed by atoms with E-state index in [0.717, 1.165) is 31.2 Å². The number of nitrogens with one attached hydrogen (secondary N) is 1. The van der Waals surface area contributed by atoms with E-state index in [-0.39, 0.29) is 17.0 Å². The second-order valence-electron chi connectivity index (χ2n) is 6.16. The molecule has 1 fully saturated rings. The summed E-state index contributed by atoms with van der Waals surface area (Å²) in [5.41, 5.74) is 1.34. The maximum absolute atomic E-state index is 12.8. The predicted octanol–water partition coefficient (Wildman–Crippen LogP) is 4.34. The van der Waals surface area contributed by atoms with Crippen LogP contribution in [0.15, 0.2) is 58.7 Å². The molecule has 0 atom stereocenters. The molecule has 2 aromatic rings. The summed E-state index contributed by atoms with van der Waals surface area (Å²) < 4.78 is 0.662. The first-order chi connectivity index (χ1) is 12.1. The molecule has 0 aliphatic heterocycles. The molecule has 25 heavy (non-hydrogen) atoms. The van der Waals surface area contributed by atoms with E-state index in [4.69, 9.17) is 0 Å². The largest absolute Gasteiger partial charge is 0.342 e. The average molecular weight is 396 g/mol. The summed E-state index contributed by atoms with van der Waals surface area (Å²) in [5.74, 6) is -0.352. The number of rotatable bonds is 4. The van der Waals surface area contributed by atoms with Gasteiger partial charge in [0.05, 0.1) is 11.2 Å². The van der Waals surface area contributed by atoms with E-state index in [2.05, 4.69) is 26.2 Å². The van der Waals surface area contributed by atoms with E-state index in [1.54, 1.807) is 12.1 Å². The van der Waals surface area contributed by atoms with Crippen LogP contribution < -0.4 is 5.32 Å². The van der Waals surface area contributed by atoms with Crippen molar-refractivity contribution < 1.29 is 4.79 Å². The molecule has 1 amide bonds. The minimum absolute atomic E-state index is 0.0628. The van der Waals surface area contributed by atoms with Crippen LogP contribution in [0.1, 0.15) is 36.9 Å². The summed E-state index contributed by atoms with van der Waals surface area (Å²) in [6.45, 7) is 0. The smallest absolute Gasteiger partial charge is 0.262 e. The number of halogens is 1. The third kappa shape index (κ3) is 3.97. The number of aromatic nitrogens is 1. The third-order valence-corrected chi connectivity index (χ3v) is 4.97. The number of nitriles is 1. The summed E-state index contributed by atoms with van der Waals surface area (Å²) in [5, 5.41) is 12.6. The maximum Gasteiger partial charge on any atom is 0.262 e.